The second-order valence-corrected chi connectivity index (χ2v) is 6.18. The summed E-state index contributed by atoms with van der Waals surface area (Å²) in [7, 11) is 0. The molecule has 0 aliphatic heterocycles. The van der Waals surface area contributed by atoms with Gasteiger partial charge in [0.05, 0.1) is 5.69 Å². The molecule has 3 aromatic rings. The number of benzene rings is 1. The quantitative estimate of drug-likeness (QED) is 0.668. The summed E-state index contributed by atoms with van der Waals surface area (Å²) < 4.78 is 40.4. The van der Waals surface area contributed by atoms with E-state index in [1.165, 1.54) is 12.3 Å². The summed E-state index contributed by atoms with van der Waals surface area (Å²) in [5.74, 6) is -1.18. The monoisotopic (exact) mass is 395 g/mol. The highest BCUT2D eigenvalue weighted by molar-refractivity contribution is 7.12. The Kier molecular flexibility index (Phi) is 4.95. The molecule has 11 heteroatoms. The van der Waals surface area contributed by atoms with Crippen molar-refractivity contribution in [2.45, 2.75) is 13.1 Å². The summed E-state index contributed by atoms with van der Waals surface area (Å²) in [6.07, 6.45) is -4.63. The van der Waals surface area contributed by atoms with E-state index in [-0.39, 0.29) is 16.5 Å². The molecule has 0 aliphatic rings. The van der Waals surface area contributed by atoms with E-state index in [1.54, 1.807) is 30.3 Å². The Bertz CT molecular complexity index is 982. The molecule has 0 atom stereocenters. The van der Waals surface area contributed by atoms with Crippen molar-refractivity contribution in [1.29, 1.82) is 0 Å². The van der Waals surface area contributed by atoms with Crippen LogP contribution in [0.25, 0.3) is 16.4 Å². The summed E-state index contributed by atoms with van der Waals surface area (Å²) in [5.41, 5.74) is 3.81. The van der Waals surface area contributed by atoms with Crippen LogP contribution in [0.3, 0.4) is 0 Å². The lowest BCUT2D eigenvalue weighted by molar-refractivity contribution is -0.141. The Hall–Kier alpha value is -3.21. The van der Waals surface area contributed by atoms with E-state index in [0.29, 0.717) is 5.56 Å². The van der Waals surface area contributed by atoms with E-state index in [9.17, 15) is 22.8 Å². The maximum absolute atomic E-state index is 13.1. The number of alkyl halides is 3. The number of aromatic nitrogens is 3. The van der Waals surface area contributed by atoms with E-state index in [4.69, 9.17) is 0 Å². The lowest BCUT2D eigenvalue weighted by atomic mass is 10.1. The fourth-order valence-corrected chi connectivity index (χ4v) is 2.92. The van der Waals surface area contributed by atoms with Gasteiger partial charge in [-0.3, -0.25) is 20.4 Å². The number of thiazole rings is 1. The predicted molar refractivity (Wildman–Crippen MR) is 91.0 cm³/mol. The summed E-state index contributed by atoms with van der Waals surface area (Å²) in [6, 6.07) is 9.33. The van der Waals surface area contributed by atoms with Crippen molar-refractivity contribution < 1.29 is 22.8 Å². The van der Waals surface area contributed by atoms with Crippen LogP contribution in [0.1, 0.15) is 23.1 Å². The first-order valence-corrected chi connectivity index (χ1v) is 8.39. The predicted octanol–water partition coefficient (Wildman–Crippen LogP) is 2.80. The summed E-state index contributed by atoms with van der Waals surface area (Å²) in [4.78, 5) is 26.8. The number of hydrazine groups is 1. The summed E-state index contributed by atoms with van der Waals surface area (Å²) in [5, 5.41) is 5.05. The van der Waals surface area contributed by atoms with Crippen LogP contribution in [-0.2, 0) is 11.0 Å². The third kappa shape index (κ3) is 4.14. The average Bonchev–Trinajstić information content (AvgIpc) is 3.26. The Morgan fingerprint density at radius 3 is 2.48 bits per heavy atom. The molecule has 0 saturated carbocycles. The lowest BCUT2D eigenvalue weighted by Gasteiger charge is -2.04. The van der Waals surface area contributed by atoms with E-state index in [1.807, 2.05) is 0 Å². The van der Waals surface area contributed by atoms with Gasteiger partial charge in [0.2, 0.25) is 11.0 Å². The largest absolute Gasteiger partial charge is 0.435 e. The van der Waals surface area contributed by atoms with Crippen molar-refractivity contribution in [3.8, 4) is 16.4 Å². The van der Waals surface area contributed by atoms with Crippen LogP contribution in [0.15, 0.2) is 41.8 Å². The van der Waals surface area contributed by atoms with Gasteiger partial charge in [0.25, 0.3) is 5.91 Å². The van der Waals surface area contributed by atoms with Gasteiger partial charge < -0.3 is 0 Å². The molecule has 0 unspecified atom stereocenters. The first-order valence-electron chi connectivity index (χ1n) is 7.51. The highest BCUT2D eigenvalue weighted by Gasteiger charge is 2.35. The van der Waals surface area contributed by atoms with Gasteiger partial charge in [-0.15, -0.1) is 11.3 Å². The van der Waals surface area contributed by atoms with Crippen molar-refractivity contribution >= 4 is 23.2 Å². The molecule has 1 aromatic carbocycles. The molecule has 0 aliphatic carbocycles. The highest BCUT2D eigenvalue weighted by Crippen LogP contribution is 2.33. The topological polar surface area (TPSA) is 88.9 Å². The molecular formula is C16H12F3N5O2S. The van der Waals surface area contributed by atoms with Crippen LogP contribution >= 0.6 is 11.3 Å². The number of rotatable bonds is 3. The van der Waals surface area contributed by atoms with Gasteiger partial charge in [0, 0.05) is 17.9 Å². The molecule has 2 amide bonds. The molecular weight excluding hydrogens is 383 g/mol. The van der Waals surface area contributed by atoms with E-state index >= 15 is 0 Å². The second kappa shape index (κ2) is 7.19. The third-order valence-corrected chi connectivity index (χ3v) is 4.14. The number of nitrogens with one attached hydrogen (secondary N) is 2. The lowest BCUT2D eigenvalue weighted by Crippen LogP contribution is -2.40. The molecule has 27 heavy (non-hydrogen) atoms. The van der Waals surface area contributed by atoms with Crippen LogP contribution in [-0.4, -0.2) is 26.6 Å². The number of carbonyl (C=O) groups is 2. The van der Waals surface area contributed by atoms with Crippen LogP contribution in [0.2, 0.25) is 0 Å². The highest BCUT2D eigenvalue weighted by atomic mass is 32.1. The second-order valence-electron chi connectivity index (χ2n) is 5.34. The van der Waals surface area contributed by atoms with Crippen molar-refractivity contribution in [3.05, 3.63) is 53.2 Å². The summed E-state index contributed by atoms with van der Waals surface area (Å²) in [6.45, 7) is 1.21. The van der Waals surface area contributed by atoms with E-state index in [2.05, 4.69) is 20.9 Å². The van der Waals surface area contributed by atoms with Gasteiger partial charge in [-0.2, -0.15) is 18.3 Å². The molecule has 0 fully saturated rings. The smallest absolute Gasteiger partial charge is 0.274 e. The van der Waals surface area contributed by atoms with Gasteiger partial charge in [-0.25, -0.2) is 9.67 Å². The number of hydrogen-bond acceptors (Lipinski definition) is 5. The molecule has 0 spiro atoms. The van der Waals surface area contributed by atoms with Crippen molar-refractivity contribution in [3.63, 3.8) is 0 Å². The molecule has 0 saturated heterocycles. The van der Waals surface area contributed by atoms with Gasteiger partial charge in [0.1, 0.15) is 5.69 Å². The number of carbonyl (C=O) groups excluding carboxylic acids is 2. The number of nitrogens with zero attached hydrogens (tertiary/aromatic N) is 3. The average molecular weight is 395 g/mol. The summed E-state index contributed by atoms with van der Waals surface area (Å²) >= 11 is 0.946. The molecule has 0 bridgehead atoms. The Balaban J connectivity index is 2.00. The SMILES string of the molecule is CC(=O)NNC(=O)c1csc(-n2nc(C(F)(F)F)cc2-c2ccccc2)n1. The zero-order valence-electron chi connectivity index (χ0n) is 13.7. The maximum atomic E-state index is 13.1. The van der Waals surface area contributed by atoms with E-state index in [0.717, 1.165) is 22.1 Å². The zero-order valence-corrected chi connectivity index (χ0v) is 14.6. The van der Waals surface area contributed by atoms with Gasteiger partial charge in [0.15, 0.2) is 5.69 Å². The molecule has 0 radical (unpaired) electrons. The minimum absolute atomic E-state index is 0.0631. The minimum atomic E-state index is -4.63. The first kappa shape index (κ1) is 18.6. The third-order valence-electron chi connectivity index (χ3n) is 3.33. The van der Waals surface area contributed by atoms with Gasteiger partial charge in [-0.1, -0.05) is 30.3 Å². The molecule has 2 heterocycles. The molecule has 2 aromatic heterocycles. The van der Waals surface area contributed by atoms with Gasteiger partial charge in [-0.05, 0) is 6.07 Å². The first-order chi connectivity index (χ1) is 12.8. The molecule has 7 nitrogen and oxygen atoms in total. The zero-order chi connectivity index (χ0) is 19.6. The normalized spacial score (nSPS) is 11.3. The Morgan fingerprint density at radius 1 is 1.15 bits per heavy atom. The van der Waals surface area contributed by atoms with Gasteiger partial charge >= 0.3 is 6.18 Å². The molecule has 140 valence electrons. The molecule has 2 N–H and O–H groups in total. The van der Waals surface area contributed by atoms with Crippen LogP contribution in [0.4, 0.5) is 13.2 Å². The van der Waals surface area contributed by atoms with Crippen molar-refractivity contribution in [2.24, 2.45) is 0 Å². The van der Waals surface area contributed by atoms with Crippen LogP contribution in [0.5, 0.6) is 0 Å². The Labute approximate surface area is 154 Å². The standard InChI is InChI=1S/C16H12F3N5O2S/c1-9(25)21-22-14(26)11-8-27-15(20-11)24-12(10-5-3-2-4-6-10)7-13(23-24)16(17,18)19/h2-8H,1H3,(H,21,25)(H,22,26). The number of hydrogen-bond donors (Lipinski definition) is 2. The minimum Gasteiger partial charge on any atom is -0.274 e. The van der Waals surface area contributed by atoms with Crippen LogP contribution in [0, 0.1) is 0 Å². The van der Waals surface area contributed by atoms with Crippen molar-refractivity contribution in [1.82, 2.24) is 25.6 Å². The van der Waals surface area contributed by atoms with Crippen LogP contribution < -0.4 is 10.9 Å². The van der Waals surface area contributed by atoms with E-state index < -0.39 is 23.7 Å². The number of amides is 2. The Morgan fingerprint density at radius 2 is 1.85 bits per heavy atom. The maximum Gasteiger partial charge on any atom is 0.435 e. The molecule has 3 rings (SSSR count). The fourth-order valence-electron chi connectivity index (χ4n) is 2.15. The van der Waals surface area contributed by atoms with Crippen molar-refractivity contribution in [2.75, 3.05) is 0 Å². The number of halogens is 3. The fraction of sp³-hybridized carbons (Fsp3) is 0.125.